The number of para-hydroxylation sites is 1. The van der Waals surface area contributed by atoms with Gasteiger partial charge in [-0.1, -0.05) is 42.8 Å². The topological polar surface area (TPSA) is 53.6 Å². The molecule has 0 saturated carbocycles. The van der Waals surface area contributed by atoms with Crippen LogP contribution in [0.4, 0.5) is 5.69 Å². The summed E-state index contributed by atoms with van der Waals surface area (Å²) in [6.45, 7) is 7.28. The van der Waals surface area contributed by atoms with Crippen molar-refractivity contribution in [1.29, 1.82) is 0 Å². The smallest absolute Gasteiger partial charge is 0.260 e. The number of carbonyl (C=O) groups is 1. The average Bonchev–Trinajstić information content (AvgIpc) is 3.33. The number of amides is 1. The maximum atomic E-state index is 12.6. The second kappa shape index (κ2) is 8.85. The molecule has 3 aliphatic heterocycles. The predicted octanol–water partition coefficient (Wildman–Crippen LogP) is 4.04. The van der Waals surface area contributed by atoms with Gasteiger partial charge < -0.3 is 15.4 Å². The van der Waals surface area contributed by atoms with Gasteiger partial charge in [-0.15, -0.1) is 0 Å². The first-order valence-electron chi connectivity index (χ1n) is 11.6. The molecule has 1 atom stereocenters. The normalized spacial score (nSPS) is 22.7. The summed E-state index contributed by atoms with van der Waals surface area (Å²) >= 11 is 0. The number of piperidine rings is 1. The number of carbonyl (C=O) groups excluding carboxylic acids is 1. The largest absolute Gasteiger partial charge is 0.487 e. The monoisotopic (exact) mass is 417 g/mol. The van der Waals surface area contributed by atoms with E-state index >= 15 is 0 Å². The number of nitrogens with zero attached hydrogens (tertiary/aromatic N) is 1. The minimum atomic E-state index is -0.0830. The third kappa shape index (κ3) is 4.12. The van der Waals surface area contributed by atoms with Gasteiger partial charge in [0.05, 0.1) is 5.57 Å². The number of fused-ring (bicyclic) bond motifs is 2. The highest BCUT2D eigenvalue weighted by Gasteiger charge is 2.32. The van der Waals surface area contributed by atoms with Gasteiger partial charge in [0.2, 0.25) is 0 Å². The van der Waals surface area contributed by atoms with Gasteiger partial charge in [-0.05, 0) is 50.9 Å². The number of anilines is 1. The summed E-state index contributed by atoms with van der Waals surface area (Å²) in [5.74, 6) is 0.623. The standard InChI is InChI=1S/C26H31N3O2/c1-18-6-4-5-14-29(18)15-13-27-12-11-19-9-10-21-20(16-19)17-31-25(21)24-22-7-2-3-8-23(22)28-26(24)30/h2-3,7-10,16,18,27H,4-6,11-15,17H2,1H3,(H,28,30). The molecule has 5 rings (SSSR count). The molecule has 3 aliphatic rings. The molecular weight excluding hydrogens is 386 g/mol. The first-order valence-corrected chi connectivity index (χ1v) is 11.6. The van der Waals surface area contributed by atoms with E-state index in [9.17, 15) is 4.79 Å². The van der Waals surface area contributed by atoms with E-state index < -0.39 is 0 Å². The summed E-state index contributed by atoms with van der Waals surface area (Å²) < 4.78 is 6.01. The van der Waals surface area contributed by atoms with Crippen LogP contribution in [0.1, 0.15) is 48.4 Å². The van der Waals surface area contributed by atoms with Crippen LogP contribution in [0.25, 0.3) is 11.3 Å². The van der Waals surface area contributed by atoms with Crippen LogP contribution in [-0.2, 0) is 22.6 Å². The lowest BCUT2D eigenvalue weighted by Crippen LogP contribution is -2.41. The Labute approximate surface area is 184 Å². The zero-order chi connectivity index (χ0) is 21.2. The molecule has 3 heterocycles. The second-order valence-corrected chi connectivity index (χ2v) is 8.86. The van der Waals surface area contributed by atoms with Crippen molar-refractivity contribution >= 4 is 22.9 Å². The number of hydrogen-bond donors (Lipinski definition) is 2. The lowest BCUT2D eigenvalue weighted by Gasteiger charge is -2.33. The zero-order valence-electron chi connectivity index (χ0n) is 18.2. The first-order chi connectivity index (χ1) is 15.2. The molecule has 0 aromatic heterocycles. The third-order valence-electron chi connectivity index (χ3n) is 6.79. The number of likely N-dealkylation sites (tertiary alicyclic amines) is 1. The lowest BCUT2D eigenvalue weighted by molar-refractivity contribution is -0.110. The molecule has 2 N–H and O–H groups in total. The van der Waals surface area contributed by atoms with Gasteiger partial charge in [0.1, 0.15) is 12.4 Å². The maximum Gasteiger partial charge on any atom is 0.260 e. The third-order valence-corrected chi connectivity index (χ3v) is 6.79. The molecule has 0 bridgehead atoms. The lowest BCUT2D eigenvalue weighted by atomic mass is 9.98. The van der Waals surface area contributed by atoms with E-state index in [2.05, 4.69) is 40.7 Å². The Balaban J connectivity index is 1.21. The molecule has 2 aromatic carbocycles. The molecule has 5 heteroatoms. The van der Waals surface area contributed by atoms with E-state index in [1.165, 1.54) is 36.9 Å². The molecule has 1 amide bonds. The molecule has 31 heavy (non-hydrogen) atoms. The fourth-order valence-corrected chi connectivity index (χ4v) is 4.99. The number of ether oxygens (including phenoxy) is 1. The van der Waals surface area contributed by atoms with Gasteiger partial charge in [-0.25, -0.2) is 0 Å². The Bertz CT molecular complexity index is 1010. The van der Waals surface area contributed by atoms with Crippen LogP contribution in [-0.4, -0.2) is 43.0 Å². The van der Waals surface area contributed by atoms with Crippen LogP contribution in [0.5, 0.6) is 0 Å². The quantitative estimate of drug-likeness (QED) is 0.550. The summed E-state index contributed by atoms with van der Waals surface area (Å²) in [6.07, 6.45) is 5.05. The predicted molar refractivity (Wildman–Crippen MR) is 125 cm³/mol. The first kappa shape index (κ1) is 20.3. The van der Waals surface area contributed by atoms with Crippen molar-refractivity contribution in [3.63, 3.8) is 0 Å². The number of hydrogen-bond acceptors (Lipinski definition) is 4. The van der Waals surface area contributed by atoms with E-state index in [0.29, 0.717) is 17.9 Å². The SMILES string of the molecule is CC1CCCCN1CCNCCc1ccc2c(c1)COC2=C1C(=O)Nc2ccccc21. The van der Waals surface area contributed by atoms with Crippen molar-refractivity contribution < 1.29 is 9.53 Å². The highest BCUT2D eigenvalue weighted by Crippen LogP contribution is 2.41. The second-order valence-electron chi connectivity index (χ2n) is 8.86. The number of rotatable bonds is 6. The molecule has 5 nitrogen and oxygen atoms in total. The van der Waals surface area contributed by atoms with Crippen LogP contribution >= 0.6 is 0 Å². The molecule has 1 saturated heterocycles. The Morgan fingerprint density at radius 3 is 2.94 bits per heavy atom. The Hall–Kier alpha value is -2.63. The van der Waals surface area contributed by atoms with E-state index in [-0.39, 0.29) is 5.91 Å². The number of benzene rings is 2. The molecule has 0 radical (unpaired) electrons. The summed E-state index contributed by atoms with van der Waals surface area (Å²) in [5, 5.41) is 6.55. The van der Waals surface area contributed by atoms with Crippen molar-refractivity contribution in [3.05, 3.63) is 64.7 Å². The van der Waals surface area contributed by atoms with Crippen molar-refractivity contribution in [1.82, 2.24) is 10.2 Å². The van der Waals surface area contributed by atoms with Crippen LogP contribution < -0.4 is 10.6 Å². The molecule has 1 fully saturated rings. The summed E-state index contributed by atoms with van der Waals surface area (Å²) in [4.78, 5) is 15.2. The molecule has 0 aliphatic carbocycles. The van der Waals surface area contributed by atoms with Crippen LogP contribution in [0.3, 0.4) is 0 Å². The minimum Gasteiger partial charge on any atom is -0.487 e. The average molecular weight is 418 g/mol. The van der Waals surface area contributed by atoms with Crippen molar-refractivity contribution in [3.8, 4) is 0 Å². The molecule has 2 aromatic rings. The van der Waals surface area contributed by atoms with Crippen LogP contribution in [0, 0.1) is 0 Å². The highest BCUT2D eigenvalue weighted by molar-refractivity contribution is 6.36. The van der Waals surface area contributed by atoms with E-state index in [1.807, 2.05) is 24.3 Å². The minimum absolute atomic E-state index is 0.0830. The van der Waals surface area contributed by atoms with Crippen molar-refractivity contribution in [2.45, 2.75) is 45.3 Å². The zero-order valence-corrected chi connectivity index (χ0v) is 18.2. The van der Waals surface area contributed by atoms with Gasteiger partial charge in [-0.2, -0.15) is 0 Å². The number of nitrogens with one attached hydrogen (secondary N) is 2. The fraction of sp³-hybridized carbons (Fsp3) is 0.423. The van der Waals surface area contributed by atoms with E-state index in [0.717, 1.165) is 48.9 Å². The van der Waals surface area contributed by atoms with E-state index in [4.69, 9.17) is 4.74 Å². The Morgan fingerprint density at radius 1 is 1.13 bits per heavy atom. The van der Waals surface area contributed by atoms with Crippen molar-refractivity contribution in [2.75, 3.05) is 31.5 Å². The van der Waals surface area contributed by atoms with Crippen molar-refractivity contribution in [2.24, 2.45) is 0 Å². The summed E-state index contributed by atoms with van der Waals surface area (Å²) in [6, 6.07) is 15.0. The van der Waals surface area contributed by atoms with Crippen LogP contribution in [0.15, 0.2) is 42.5 Å². The van der Waals surface area contributed by atoms with Gasteiger partial charge in [0, 0.05) is 41.5 Å². The van der Waals surface area contributed by atoms with Gasteiger partial charge in [0.15, 0.2) is 0 Å². The van der Waals surface area contributed by atoms with Crippen LogP contribution in [0.2, 0.25) is 0 Å². The Kier molecular flexibility index (Phi) is 5.79. The summed E-state index contributed by atoms with van der Waals surface area (Å²) in [5.41, 5.74) is 5.94. The van der Waals surface area contributed by atoms with Gasteiger partial charge in [-0.3, -0.25) is 9.69 Å². The molecule has 0 spiro atoms. The Morgan fingerprint density at radius 2 is 2.03 bits per heavy atom. The summed E-state index contributed by atoms with van der Waals surface area (Å²) in [7, 11) is 0. The molecule has 162 valence electrons. The van der Waals surface area contributed by atoms with E-state index in [1.54, 1.807) is 0 Å². The fourth-order valence-electron chi connectivity index (χ4n) is 4.99. The molecule has 1 unspecified atom stereocenters. The highest BCUT2D eigenvalue weighted by atomic mass is 16.5. The van der Waals surface area contributed by atoms with Gasteiger partial charge in [0.25, 0.3) is 5.91 Å². The maximum absolute atomic E-state index is 12.6. The van der Waals surface area contributed by atoms with Gasteiger partial charge >= 0.3 is 0 Å². The molecular formula is C26H31N3O2.